The fourth-order valence-corrected chi connectivity index (χ4v) is 1.96. The summed E-state index contributed by atoms with van der Waals surface area (Å²) in [6, 6.07) is 10.3. The van der Waals surface area contributed by atoms with E-state index < -0.39 is 0 Å². The molecule has 1 amide bonds. The van der Waals surface area contributed by atoms with Crippen LogP contribution in [0.25, 0.3) is 0 Å². The van der Waals surface area contributed by atoms with Gasteiger partial charge in [0.2, 0.25) is 0 Å². The van der Waals surface area contributed by atoms with Crippen LogP contribution in [-0.2, 0) is 6.54 Å². The van der Waals surface area contributed by atoms with Crippen molar-refractivity contribution in [1.29, 1.82) is 0 Å². The van der Waals surface area contributed by atoms with Crippen molar-refractivity contribution < 1.29 is 4.79 Å². The zero-order valence-corrected chi connectivity index (χ0v) is 12.5. The molecule has 21 heavy (non-hydrogen) atoms. The minimum atomic E-state index is -0.321. The standard InChI is InChI=1S/C16H19N3O2/c1-11(2)10-19-15(20)8-7-14(18-19)16(21)17-13-6-4-5-12(3)9-13/h4-9,11H,10H2,1-3H3,(H,17,21). The average molecular weight is 285 g/mol. The molecule has 0 radical (unpaired) electrons. The van der Waals surface area contributed by atoms with Crippen molar-refractivity contribution in [2.45, 2.75) is 27.3 Å². The second kappa shape index (κ2) is 6.35. The number of rotatable bonds is 4. The van der Waals surface area contributed by atoms with Crippen LogP contribution in [0.5, 0.6) is 0 Å². The zero-order valence-electron chi connectivity index (χ0n) is 12.5. The predicted octanol–water partition coefficient (Wildman–Crippen LogP) is 2.46. The van der Waals surface area contributed by atoms with E-state index in [0.29, 0.717) is 12.2 Å². The van der Waals surface area contributed by atoms with Crippen LogP contribution in [0.4, 0.5) is 5.69 Å². The third-order valence-electron chi connectivity index (χ3n) is 2.91. The molecule has 1 heterocycles. The first kappa shape index (κ1) is 15.0. The van der Waals surface area contributed by atoms with Gasteiger partial charge in [-0.25, -0.2) is 4.68 Å². The average Bonchev–Trinajstić information content (AvgIpc) is 2.40. The van der Waals surface area contributed by atoms with Gasteiger partial charge in [-0.05, 0) is 36.6 Å². The largest absolute Gasteiger partial charge is 0.321 e. The molecule has 2 rings (SSSR count). The first-order valence-corrected chi connectivity index (χ1v) is 6.92. The quantitative estimate of drug-likeness (QED) is 0.938. The van der Waals surface area contributed by atoms with Crippen molar-refractivity contribution in [2.24, 2.45) is 5.92 Å². The predicted molar refractivity (Wildman–Crippen MR) is 82.5 cm³/mol. The lowest BCUT2D eigenvalue weighted by atomic mass is 10.2. The molecule has 0 aliphatic rings. The Bertz CT molecular complexity index is 705. The molecule has 0 unspecified atom stereocenters. The van der Waals surface area contributed by atoms with Gasteiger partial charge in [0.25, 0.3) is 11.5 Å². The highest BCUT2D eigenvalue weighted by Crippen LogP contribution is 2.10. The number of carbonyl (C=O) groups is 1. The van der Waals surface area contributed by atoms with Gasteiger partial charge in [0, 0.05) is 18.3 Å². The van der Waals surface area contributed by atoms with Gasteiger partial charge in [-0.2, -0.15) is 5.10 Å². The third-order valence-corrected chi connectivity index (χ3v) is 2.91. The van der Waals surface area contributed by atoms with E-state index in [2.05, 4.69) is 10.4 Å². The summed E-state index contributed by atoms with van der Waals surface area (Å²) in [6.07, 6.45) is 0. The zero-order chi connectivity index (χ0) is 15.4. The molecule has 110 valence electrons. The Balaban J connectivity index is 2.21. The molecule has 0 aliphatic carbocycles. The van der Waals surface area contributed by atoms with Gasteiger partial charge in [0.05, 0.1) is 0 Å². The van der Waals surface area contributed by atoms with E-state index in [4.69, 9.17) is 0 Å². The lowest BCUT2D eigenvalue weighted by Crippen LogP contribution is -2.27. The summed E-state index contributed by atoms with van der Waals surface area (Å²) in [7, 11) is 0. The summed E-state index contributed by atoms with van der Waals surface area (Å²) >= 11 is 0. The molecular formula is C16H19N3O2. The summed E-state index contributed by atoms with van der Waals surface area (Å²) in [4.78, 5) is 23.9. The molecule has 5 heteroatoms. The van der Waals surface area contributed by atoms with Gasteiger partial charge in [0.1, 0.15) is 5.69 Å². The highest BCUT2D eigenvalue weighted by molar-refractivity contribution is 6.02. The van der Waals surface area contributed by atoms with E-state index in [1.165, 1.54) is 16.8 Å². The van der Waals surface area contributed by atoms with Crippen LogP contribution in [0.15, 0.2) is 41.2 Å². The molecule has 1 aromatic heterocycles. The molecule has 0 fully saturated rings. The summed E-state index contributed by atoms with van der Waals surface area (Å²) in [6.45, 7) is 6.43. The van der Waals surface area contributed by atoms with Crippen molar-refractivity contribution >= 4 is 11.6 Å². The van der Waals surface area contributed by atoms with Crippen LogP contribution in [0.3, 0.4) is 0 Å². The second-order valence-electron chi connectivity index (χ2n) is 5.46. The summed E-state index contributed by atoms with van der Waals surface area (Å²) < 4.78 is 1.33. The maximum atomic E-state index is 12.2. The minimum Gasteiger partial charge on any atom is -0.321 e. The number of anilines is 1. The number of aryl methyl sites for hydroxylation is 1. The lowest BCUT2D eigenvalue weighted by Gasteiger charge is -2.09. The van der Waals surface area contributed by atoms with Gasteiger partial charge >= 0.3 is 0 Å². The van der Waals surface area contributed by atoms with Gasteiger partial charge in [0.15, 0.2) is 0 Å². The Morgan fingerprint density at radius 3 is 2.71 bits per heavy atom. The van der Waals surface area contributed by atoms with Crippen LogP contribution in [-0.4, -0.2) is 15.7 Å². The van der Waals surface area contributed by atoms with E-state index in [1.54, 1.807) is 0 Å². The molecule has 2 aromatic rings. The SMILES string of the molecule is Cc1cccc(NC(=O)c2ccc(=O)n(CC(C)C)n2)c1. The van der Waals surface area contributed by atoms with E-state index in [1.807, 2.05) is 45.0 Å². The first-order valence-electron chi connectivity index (χ1n) is 6.92. The molecular weight excluding hydrogens is 266 g/mol. The van der Waals surface area contributed by atoms with Crippen molar-refractivity contribution in [2.75, 3.05) is 5.32 Å². The molecule has 1 aromatic carbocycles. The smallest absolute Gasteiger partial charge is 0.276 e. The minimum absolute atomic E-state index is 0.198. The topological polar surface area (TPSA) is 64.0 Å². The van der Waals surface area contributed by atoms with Gasteiger partial charge < -0.3 is 5.32 Å². The number of nitrogens with one attached hydrogen (secondary N) is 1. The Labute approximate surface area is 123 Å². The number of benzene rings is 1. The number of nitrogens with zero attached hydrogens (tertiary/aromatic N) is 2. The third kappa shape index (κ3) is 4.02. The Kier molecular flexibility index (Phi) is 4.52. The highest BCUT2D eigenvalue weighted by atomic mass is 16.2. The van der Waals surface area contributed by atoms with Crippen LogP contribution in [0.2, 0.25) is 0 Å². The van der Waals surface area contributed by atoms with Gasteiger partial charge in [-0.1, -0.05) is 26.0 Å². The van der Waals surface area contributed by atoms with Crippen molar-refractivity contribution in [3.8, 4) is 0 Å². The molecule has 5 nitrogen and oxygen atoms in total. The maximum absolute atomic E-state index is 12.2. The maximum Gasteiger partial charge on any atom is 0.276 e. The van der Waals surface area contributed by atoms with Crippen LogP contribution >= 0.6 is 0 Å². The Morgan fingerprint density at radius 1 is 1.29 bits per heavy atom. The molecule has 0 saturated heterocycles. The van der Waals surface area contributed by atoms with Crippen molar-refractivity contribution in [1.82, 2.24) is 9.78 Å². The van der Waals surface area contributed by atoms with E-state index in [9.17, 15) is 9.59 Å². The van der Waals surface area contributed by atoms with Crippen LogP contribution in [0, 0.1) is 12.8 Å². The number of aromatic nitrogens is 2. The molecule has 0 bridgehead atoms. The normalized spacial score (nSPS) is 10.7. The van der Waals surface area contributed by atoms with E-state index in [-0.39, 0.29) is 23.1 Å². The number of amides is 1. The summed E-state index contributed by atoms with van der Waals surface area (Å²) in [5.41, 5.74) is 1.81. The summed E-state index contributed by atoms with van der Waals surface area (Å²) in [5.74, 6) is -0.0385. The van der Waals surface area contributed by atoms with Crippen molar-refractivity contribution in [3.05, 3.63) is 58.0 Å². The van der Waals surface area contributed by atoms with Crippen LogP contribution < -0.4 is 10.9 Å². The second-order valence-corrected chi connectivity index (χ2v) is 5.46. The Hall–Kier alpha value is -2.43. The Morgan fingerprint density at radius 2 is 2.05 bits per heavy atom. The molecule has 0 atom stereocenters. The summed E-state index contributed by atoms with van der Waals surface area (Å²) in [5, 5.41) is 6.91. The van der Waals surface area contributed by atoms with Gasteiger partial charge in [-0.3, -0.25) is 9.59 Å². The first-order chi connectivity index (χ1) is 9.95. The molecule has 0 spiro atoms. The number of carbonyl (C=O) groups excluding carboxylic acids is 1. The monoisotopic (exact) mass is 285 g/mol. The van der Waals surface area contributed by atoms with Crippen molar-refractivity contribution in [3.63, 3.8) is 0 Å². The van der Waals surface area contributed by atoms with Gasteiger partial charge in [-0.15, -0.1) is 0 Å². The highest BCUT2D eigenvalue weighted by Gasteiger charge is 2.10. The molecule has 1 N–H and O–H groups in total. The van der Waals surface area contributed by atoms with E-state index in [0.717, 1.165) is 5.56 Å². The molecule has 0 aliphatic heterocycles. The fraction of sp³-hybridized carbons (Fsp3) is 0.312. The lowest BCUT2D eigenvalue weighted by molar-refractivity contribution is 0.101. The molecule has 0 saturated carbocycles. The number of hydrogen-bond donors (Lipinski definition) is 1. The van der Waals surface area contributed by atoms with E-state index >= 15 is 0 Å². The fourth-order valence-electron chi connectivity index (χ4n) is 1.96. The number of hydrogen-bond acceptors (Lipinski definition) is 3. The van der Waals surface area contributed by atoms with Crippen LogP contribution in [0.1, 0.15) is 29.9 Å².